The quantitative estimate of drug-likeness (QED) is 0.363. The van der Waals surface area contributed by atoms with Gasteiger partial charge in [0.25, 0.3) is 0 Å². The number of benzene rings is 1. The van der Waals surface area contributed by atoms with Gasteiger partial charge in [-0.05, 0) is 73.1 Å². The van der Waals surface area contributed by atoms with Gasteiger partial charge in [-0.3, -0.25) is 4.98 Å². The number of pyridine rings is 1. The van der Waals surface area contributed by atoms with Crippen molar-refractivity contribution in [1.82, 2.24) is 4.98 Å². The first-order valence-electron chi connectivity index (χ1n) is 8.79. The van der Waals surface area contributed by atoms with Crippen molar-refractivity contribution >= 4 is 45.9 Å². The molecule has 0 saturated heterocycles. The van der Waals surface area contributed by atoms with E-state index in [4.69, 9.17) is 40.7 Å². The summed E-state index contributed by atoms with van der Waals surface area (Å²) >= 11 is 17.0. The lowest BCUT2D eigenvalue weighted by Gasteiger charge is -2.14. The second-order valence-corrected chi connectivity index (χ2v) is 8.09. The smallest absolute Gasteiger partial charge is 0.250 e. The normalized spacial score (nSPS) is 14.2. The first-order valence-corrected chi connectivity index (χ1v) is 9.95. The predicted octanol–water partition coefficient (Wildman–Crippen LogP) is 7.14. The fourth-order valence-electron chi connectivity index (χ4n) is 3.55. The Hall–Kier alpha value is -1.94. The molecule has 0 fully saturated rings. The summed E-state index contributed by atoms with van der Waals surface area (Å²) < 4.78 is 39.8. The molecule has 3 rings (SSSR count). The molecule has 1 aliphatic rings. The zero-order valence-electron chi connectivity index (χ0n) is 15.3. The SMILES string of the molecule is Cc1cc(Cl)c(Cl)cc1CC1=C(c2cnc(C(F)(F)F)c(C(=S)C#N)c2)CCC1. The van der Waals surface area contributed by atoms with Gasteiger partial charge in [0.15, 0.2) is 5.69 Å². The highest BCUT2D eigenvalue weighted by atomic mass is 35.5. The second-order valence-electron chi connectivity index (χ2n) is 6.86. The van der Waals surface area contributed by atoms with Crippen molar-refractivity contribution in [3.8, 4) is 6.07 Å². The van der Waals surface area contributed by atoms with Crippen LogP contribution < -0.4 is 0 Å². The van der Waals surface area contributed by atoms with E-state index in [1.54, 1.807) is 12.1 Å². The molecule has 2 aromatic rings. The molecule has 0 amide bonds. The van der Waals surface area contributed by atoms with Crippen molar-refractivity contribution in [2.75, 3.05) is 0 Å². The van der Waals surface area contributed by atoms with E-state index < -0.39 is 16.7 Å². The summed E-state index contributed by atoms with van der Waals surface area (Å²) in [6.07, 6.45) is -0.399. The van der Waals surface area contributed by atoms with Crippen LogP contribution in [0.15, 0.2) is 30.0 Å². The Morgan fingerprint density at radius 2 is 1.90 bits per heavy atom. The molecule has 150 valence electrons. The molecule has 1 aromatic heterocycles. The molecular weight excluding hydrogens is 440 g/mol. The number of hydrogen-bond acceptors (Lipinski definition) is 3. The predicted molar refractivity (Wildman–Crippen MR) is 112 cm³/mol. The summed E-state index contributed by atoms with van der Waals surface area (Å²) in [5.41, 5.74) is 3.15. The van der Waals surface area contributed by atoms with E-state index in [2.05, 4.69) is 4.98 Å². The van der Waals surface area contributed by atoms with Crippen LogP contribution in [0.5, 0.6) is 0 Å². The van der Waals surface area contributed by atoms with Crippen molar-refractivity contribution in [1.29, 1.82) is 5.26 Å². The van der Waals surface area contributed by atoms with Crippen LogP contribution >= 0.6 is 35.4 Å². The summed E-state index contributed by atoms with van der Waals surface area (Å²) in [7, 11) is 0. The van der Waals surface area contributed by atoms with E-state index in [1.807, 2.05) is 13.0 Å². The minimum absolute atomic E-state index is 0.350. The standard InChI is InChI=1S/C21H15Cl2F3N2S/c1-11-5-17(22)18(23)8-13(11)6-12-3-2-4-15(12)14-7-16(19(29)9-27)20(28-10-14)21(24,25)26/h5,7-8,10H,2-4,6H2,1H3. The third kappa shape index (κ3) is 4.63. The number of nitrogens with zero attached hydrogens (tertiary/aromatic N) is 2. The van der Waals surface area contributed by atoms with Gasteiger partial charge in [-0.2, -0.15) is 18.4 Å². The van der Waals surface area contributed by atoms with E-state index in [-0.39, 0.29) is 5.56 Å². The average Bonchev–Trinajstić information content (AvgIpc) is 3.12. The van der Waals surface area contributed by atoms with Gasteiger partial charge >= 0.3 is 6.18 Å². The lowest BCUT2D eigenvalue weighted by molar-refractivity contribution is -0.141. The van der Waals surface area contributed by atoms with Crippen molar-refractivity contribution in [2.45, 2.75) is 38.8 Å². The van der Waals surface area contributed by atoms with Gasteiger partial charge in [0.2, 0.25) is 0 Å². The highest BCUT2D eigenvalue weighted by Gasteiger charge is 2.36. The van der Waals surface area contributed by atoms with Crippen molar-refractivity contribution in [3.05, 3.63) is 68.0 Å². The maximum atomic E-state index is 13.3. The molecule has 29 heavy (non-hydrogen) atoms. The summed E-state index contributed by atoms with van der Waals surface area (Å²) in [6, 6.07) is 6.59. The van der Waals surface area contributed by atoms with Gasteiger partial charge in [0.1, 0.15) is 10.9 Å². The van der Waals surface area contributed by atoms with Crippen LogP contribution in [-0.2, 0) is 12.6 Å². The molecule has 0 radical (unpaired) electrons. The fourth-order valence-corrected chi connectivity index (χ4v) is 4.11. The number of halogens is 5. The van der Waals surface area contributed by atoms with Gasteiger partial charge < -0.3 is 0 Å². The van der Waals surface area contributed by atoms with Gasteiger partial charge in [-0.1, -0.05) is 41.0 Å². The Morgan fingerprint density at radius 3 is 2.55 bits per heavy atom. The van der Waals surface area contributed by atoms with Gasteiger partial charge in [-0.25, -0.2) is 0 Å². The molecule has 0 bridgehead atoms. The molecule has 0 atom stereocenters. The van der Waals surface area contributed by atoms with Crippen LogP contribution in [0.1, 0.15) is 47.2 Å². The fraction of sp³-hybridized carbons (Fsp3) is 0.286. The van der Waals surface area contributed by atoms with Crippen molar-refractivity contribution in [2.24, 2.45) is 0 Å². The van der Waals surface area contributed by atoms with Crippen LogP contribution in [0.2, 0.25) is 10.0 Å². The lowest BCUT2D eigenvalue weighted by Crippen LogP contribution is -2.15. The average molecular weight is 455 g/mol. The van der Waals surface area contributed by atoms with Crippen LogP contribution in [-0.4, -0.2) is 9.85 Å². The summed E-state index contributed by atoms with van der Waals surface area (Å²) in [5.74, 6) is 0. The number of rotatable bonds is 4. The van der Waals surface area contributed by atoms with E-state index >= 15 is 0 Å². The van der Waals surface area contributed by atoms with Gasteiger partial charge in [-0.15, -0.1) is 0 Å². The van der Waals surface area contributed by atoms with Crippen molar-refractivity contribution < 1.29 is 13.2 Å². The van der Waals surface area contributed by atoms with E-state index in [0.717, 1.165) is 41.5 Å². The molecule has 0 spiro atoms. The largest absolute Gasteiger partial charge is 0.434 e. The third-order valence-electron chi connectivity index (χ3n) is 4.97. The van der Waals surface area contributed by atoms with Gasteiger partial charge in [0.05, 0.1) is 10.0 Å². The van der Waals surface area contributed by atoms with Crippen LogP contribution in [0.4, 0.5) is 13.2 Å². The monoisotopic (exact) mass is 454 g/mol. The van der Waals surface area contributed by atoms with E-state index in [1.165, 1.54) is 12.3 Å². The van der Waals surface area contributed by atoms with E-state index in [0.29, 0.717) is 22.0 Å². The number of alkyl halides is 3. The minimum Gasteiger partial charge on any atom is -0.250 e. The first-order chi connectivity index (χ1) is 13.6. The lowest BCUT2D eigenvalue weighted by atomic mass is 9.94. The minimum atomic E-state index is -4.68. The number of thiocarbonyl (C=S) groups is 1. The number of aromatic nitrogens is 1. The molecule has 0 saturated carbocycles. The summed E-state index contributed by atoms with van der Waals surface area (Å²) in [4.78, 5) is 3.19. The van der Waals surface area contributed by atoms with E-state index in [9.17, 15) is 13.2 Å². The number of nitriles is 1. The highest BCUT2D eigenvalue weighted by molar-refractivity contribution is 7.81. The molecule has 0 aliphatic heterocycles. The Balaban J connectivity index is 2.06. The molecule has 1 aromatic carbocycles. The third-order valence-corrected chi connectivity index (χ3v) is 6.00. The zero-order chi connectivity index (χ0) is 21.3. The molecule has 0 unspecified atom stereocenters. The maximum Gasteiger partial charge on any atom is 0.434 e. The molecule has 8 heteroatoms. The summed E-state index contributed by atoms with van der Waals surface area (Å²) in [5, 5.41) is 9.98. The maximum absolute atomic E-state index is 13.3. The van der Waals surface area contributed by atoms with Crippen LogP contribution in [0.3, 0.4) is 0 Å². The van der Waals surface area contributed by atoms with Gasteiger partial charge in [0, 0.05) is 11.8 Å². The Bertz CT molecular complexity index is 1070. The number of aryl methyl sites for hydroxylation is 1. The van der Waals surface area contributed by atoms with Crippen molar-refractivity contribution in [3.63, 3.8) is 0 Å². The Morgan fingerprint density at radius 1 is 1.21 bits per heavy atom. The topological polar surface area (TPSA) is 36.7 Å². The van der Waals surface area contributed by atoms with Crippen LogP contribution in [0, 0.1) is 18.3 Å². The Kier molecular flexibility index (Phi) is 6.33. The number of hydrogen-bond donors (Lipinski definition) is 0. The van der Waals surface area contributed by atoms with Crippen LogP contribution in [0.25, 0.3) is 5.57 Å². The Labute approximate surface area is 182 Å². The molecular formula is C21H15Cl2F3N2S. The second kappa shape index (κ2) is 8.43. The highest BCUT2D eigenvalue weighted by Crippen LogP contribution is 2.39. The first kappa shape index (κ1) is 21.8. The number of allylic oxidation sites excluding steroid dienone is 2. The molecule has 1 aliphatic carbocycles. The summed E-state index contributed by atoms with van der Waals surface area (Å²) in [6.45, 7) is 1.94. The molecule has 1 heterocycles. The zero-order valence-corrected chi connectivity index (χ0v) is 17.7. The molecule has 2 nitrogen and oxygen atoms in total. The molecule has 0 N–H and O–H groups in total.